The van der Waals surface area contributed by atoms with E-state index >= 15 is 0 Å². The number of nitrogens with one attached hydrogen (secondary N) is 1. The highest BCUT2D eigenvalue weighted by molar-refractivity contribution is 5.96. The maximum atomic E-state index is 14.3. The zero-order valence-electron chi connectivity index (χ0n) is 11.2. The number of halogens is 1. The van der Waals surface area contributed by atoms with Gasteiger partial charge in [0, 0.05) is 6.42 Å². The Morgan fingerprint density at radius 1 is 1.53 bits per heavy atom. The van der Waals surface area contributed by atoms with Gasteiger partial charge in [0.25, 0.3) is 0 Å². The molecule has 0 radical (unpaired) electrons. The van der Waals surface area contributed by atoms with Crippen LogP contribution in [0.15, 0.2) is 6.07 Å². The van der Waals surface area contributed by atoms with Gasteiger partial charge in [-0.1, -0.05) is 6.92 Å². The van der Waals surface area contributed by atoms with E-state index in [0.29, 0.717) is 18.0 Å². The maximum absolute atomic E-state index is 14.3. The summed E-state index contributed by atoms with van der Waals surface area (Å²) >= 11 is 0. The van der Waals surface area contributed by atoms with Crippen molar-refractivity contribution in [3.8, 4) is 0 Å². The van der Waals surface area contributed by atoms with Crippen LogP contribution >= 0.6 is 0 Å². The van der Waals surface area contributed by atoms with Crippen LogP contribution in [0.25, 0.3) is 0 Å². The van der Waals surface area contributed by atoms with E-state index < -0.39 is 5.82 Å². The lowest BCUT2D eigenvalue weighted by molar-refractivity contribution is 0.0984. The Morgan fingerprint density at radius 3 is 2.84 bits per heavy atom. The van der Waals surface area contributed by atoms with Crippen molar-refractivity contribution in [2.24, 2.45) is 5.92 Å². The number of carbonyl (C=O) groups is 1. The summed E-state index contributed by atoms with van der Waals surface area (Å²) in [5.41, 5.74) is 6.10. The molecule has 1 fully saturated rings. The van der Waals surface area contributed by atoms with Crippen LogP contribution in [-0.2, 0) is 6.42 Å². The van der Waals surface area contributed by atoms with Gasteiger partial charge in [0.15, 0.2) is 11.6 Å². The van der Waals surface area contributed by atoms with Crippen molar-refractivity contribution in [3.63, 3.8) is 0 Å². The number of nitrogens with zero attached hydrogens (tertiary/aromatic N) is 1. The summed E-state index contributed by atoms with van der Waals surface area (Å²) in [4.78, 5) is 15.8. The van der Waals surface area contributed by atoms with Crippen LogP contribution in [0.3, 0.4) is 0 Å². The molecular formula is C14H20FN3O. The van der Waals surface area contributed by atoms with Crippen LogP contribution in [0, 0.1) is 11.7 Å². The molecular weight excluding hydrogens is 245 g/mol. The second-order valence-electron chi connectivity index (χ2n) is 5.03. The van der Waals surface area contributed by atoms with E-state index in [1.807, 2.05) is 0 Å². The molecule has 0 saturated carbocycles. The number of carbonyl (C=O) groups excluding carboxylic acids is 1. The number of hydrogen-bond acceptors (Lipinski definition) is 4. The quantitative estimate of drug-likeness (QED) is 0.816. The van der Waals surface area contributed by atoms with Gasteiger partial charge >= 0.3 is 0 Å². The first-order chi connectivity index (χ1) is 9.11. The van der Waals surface area contributed by atoms with E-state index in [1.165, 1.54) is 6.07 Å². The van der Waals surface area contributed by atoms with E-state index in [4.69, 9.17) is 5.73 Å². The molecule has 4 nitrogen and oxygen atoms in total. The van der Waals surface area contributed by atoms with Gasteiger partial charge in [0.1, 0.15) is 5.82 Å². The van der Waals surface area contributed by atoms with Gasteiger partial charge in [-0.3, -0.25) is 4.79 Å². The van der Waals surface area contributed by atoms with Gasteiger partial charge in [0.2, 0.25) is 0 Å². The van der Waals surface area contributed by atoms with Gasteiger partial charge in [-0.15, -0.1) is 0 Å². The molecule has 2 rings (SSSR count). The first-order valence-electron chi connectivity index (χ1n) is 6.80. The summed E-state index contributed by atoms with van der Waals surface area (Å²) in [7, 11) is 0. The molecule has 0 aromatic carbocycles. The average Bonchev–Trinajstić information content (AvgIpc) is 2.42. The predicted molar refractivity (Wildman–Crippen MR) is 72.5 cm³/mol. The van der Waals surface area contributed by atoms with Crippen molar-refractivity contribution in [3.05, 3.63) is 23.1 Å². The number of pyridine rings is 1. The first-order valence-corrected chi connectivity index (χ1v) is 6.80. The SMILES string of the molecule is CCC(=O)c1cc(N)nc(CC2CCNCC2)c1F. The van der Waals surface area contributed by atoms with Crippen molar-refractivity contribution < 1.29 is 9.18 Å². The molecule has 3 N–H and O–H groups in total. The number of aromatic nitrogens is 1. The Bertz CT molecular complexity index is 470. The fourth-order valence-corrected chi connectivity index (χ4v) is 2.49. The number of anilines is 1. The summed E-state index contributed by atoms with van der Waals surface area (Å²) in [6, 6.07) is 1.34. The number of nitrogens with two attached hydrogens (primary N) is 1. The van der Waals surface area contributed by atoms with Crippen LogP contribution in [0.2, 0.25) is 0 Å². The maximum Gasteiger partial charge on any atom is 0.165 e. The molecule has 0 spiro atoms. The number of nitrogen functional groups attached to an aromatic ring is 1. The number of rotatable bonds is 4. The Labute approximate surface area is 112 Å². The van der Waals surface area contributed by atoms with Crippen LogP contribution in [-0.4, -0.2) is 23.9 Å². The molecule has 19 heavy (non-hydrogen) atoms. The van der Waals surface area contributed by atoms with E-state index in [9.17, 15) is 9.18 Å². The summed E-state index contributed by atoms with van der Waals surface area (Å²) in [5.74, 6) is -0.0745. The minimum Gasteiger partial charge on any atom is -0.384 e. The van der Waals surface area contributed by atoms with Gasteiger partial charge in [0.05, 0.1) is 11.3 Å². The molecule has 0 bridgehead atoms. The van der Waals surface area contributed by atoms with Crippen LogP contribution in [0.1, 0.15) is 42.2 Å². The summed E-state index contributed by atoms with van der Waals surface area (Å²) < 4.78 is 14.3. The Balaban J connectivity index is 2.24. The van der Waals surface area contributed by atoms with Crippen LogP contribution in [0.4, 0.5) is 10.2 Å². The minimum absolute atomic E-state index is 0.0823. The second kappa shape index (κ2) is 6.10. The molecule has 1 aliphatic heterocycles. The number of piperidine rings is 1. The third kappa shape index (κ3) is 3.29. The molecule has 0 atom stereocenters. The van der Waals surface area contributed by atoms with Gasteiger partial charge in [-0.2, -0.15) is 0 Å². The second-order valence-corrected chi connectivity index (χ2v) is 5.03. The number of ketones is 1. The van der Waals surface area contributed by atoms with E-state index in [1.54, 1.807) is 6.92 Å². The molecule has 104 valence electrons. The molecule has 0 aliphatic carbocycles. The smallest absolute Gasteiger partial charge is 0.165 e. The Kier molecular flexibility index (Phi) is 4.47. The summed E-state index contributed by atoms with van der Waals surface area (Å²) in [6.07, 6.45) is 2.84. The van der Waals surface area contributed by atoms with Gasteiger partial charge in [-0.25, -0.2) is 9.37 Å². The fourth-order valence-electron chi connectivity index (χ4n) is 2.49. The molecule has 0 unspecified atom stereocenters. The van der Waals surface area contributed by atoms with Crippen molar-refractivity contribution >= 4 is 11.6 Å². The zero-order valence-corrected chi connectivity index (χ0v) is 11.2. The normalized spacial score (nSPS) is 16.5. The third-order valence-electron chi connectivity index (χ3n) is 3.61. The fraction of sp³-hybridized carbons (Fsp3) is 0.571. The van der Waals surface area contributed by atoms with Gasteiger partial charge < -0.3 is 11.1 Å². The molecule has 1 aromatic rings. The Hall–Kier alpha value is -1.49. The summed E-state index contributed by atoms with van der Waals surface area (Å²) in [5, 5.41) is 3.27. The van der Waals surface area contributed by atoms with Crippen molar-refractivity contribution in [2.75, 3.05) is 18.8 Å². The van der Waals surface area contributed by atoms with Crippen molar-refractivity contribution in [2.45, 2.75) is 32.6 Å². The average molecular weight is 265 g/mol. The van der Waals surface area contributed by atoms with E-state index in [0.717, 1.165) is 25.9 Å². The molecule has 5 heteroatoms. The van der Waals surface area contributed by atoms with Crippen LogP contribution < -0.4 is 11.1 Å². The highest BCUT2D eigenvalue weighted by Gasteiger charge is 2.20. The largest absolute Gasteiger partial charge is 0.384 e. The predicted octanol–water partition coefficient (Wildman–Crippen LogP) is 1.94. The van der Waals surface area contributed by atoms with Crippen LogP contribution in [0.5, 0.6) is 0 Å². The topological polar surface area (TPSA) is 68.0 Å². The molecule has 1 saturated heterocycles. The number of hydrogen-bond donors (Lipinski definition) is 2. The van der Waals surface area contributed by atoms with Gasteiger partial charge in [-0.05, 0) is 44.3 Å². The van der Waals surface area contributed by atoms with Crippen molar-refractivity contribution in [1.82, 2.24) is 10.3 Å². The number of Topliss-reactive ketones (excluding diaryl/α,β-unsaturated/α-hetero) is 1. The third-order valence-corrected chi connectivity index (χ3v) is 3.61. The Morgan fingerprint density at radius 2 is 2.21 bits per heavy atom. The van der Waals surface area contributed by atoms with E-state index in [2.05, 4.69) is 10.3 Å². The lowest BCUT2D eigenvalue weighted by Gasteiger charge is -2.22. The highest BCUT2D eigenvalue weighted by atomic mass is 19.1. The molecule has 2 heterocycles. The minimum atomic E-state index is -0.486. The van der Waals surface area contributed by atoms with Crippen molar-refractivity contribution in [1.29, 1.82) is 0 Å². The lowest BCUT2D eigenvalue weighted by Crippen LogP contribution is -2.29. The molecule has 0 amide bonds. The molecule has 1 aliphatic rings. The first kappa shape index (κ1) is 13.9. The monoisotopic (exact) mass is 265 g/mol. The zero-order chi connectivity index (χ0) is 13.8. The lowest BCUT2D eigenvalue weighted by atomic mass is 9.92. The standard InChI is InChI=1S/C14H20FN3O/c1-2-12(19)10-8-13(16)18-11(14(10)15)7-9-3-5-17-6-4-9/h8-9,17H,2-7H2,1H3,(H2,16,18). The molecule has 1 aromatic heterocycles. The van der Waals surface area contributed by atoms with E-state index in [-0.39, 0.29) is 23.6 Å². The highest BCUT2D eigenvalue weighted by Crippen LogP contribution is 2.22. The summed E-state index contributed by atoms with van der Waals surface area (Å²) in [6.45, 7) is 3.62.